The van der Waals surface area contributed by atoms with Crippen LogP contribution in [0.1, 0.15) is 16.1 Å². The molecule has 8 heteroatoms. The number of benzene rings is 1. The number of hydrogen-bond donors (Lipinski definition) is 1. The number of aromatic nitrogens is 4. The summed E-state index contributed by atoms with van der Waals surface area (Å²) in [6.45, 7) is 0.218. The summed E-state index contributed by atoms with van der Waals surface area (Å²) in [6.07, 6.45) is 6.40. The number of esters is 1. The van der Waals surface area contributed by atoms with Gasteiger partial charge in [-0.25, -0.2) is 9.78 Å². The molecule has 0 atom stereocenters. The molecule has 0 bridgehead atoms. The first kappa shape index (κ1) is 22.0. The predicted molar refractivity (Wildman–Crippen MR) is 131 cm³/mol. The Labute approximate surface area is 200 Å². The van der Waals surface area contributed by atoms with Gasteiger partial charge in [-0.15, -0.1) is 0 Å². The van der Waals surface area contributed by atoms with E-state index >= 15 is 0 Å². The summed E-state index contributed by atoms with van der Waals surface area (Å²) < 4.78 is 6.42. The van der Waals surface area contributed by atoms with E-state index in [2.05, 4.69) is 15.0 Å². The second kappa shape index (κ2) is 9.18. The summed E-state index contributed by atoms with van der Waals surface area (Å²) in [5.74, 6) is -1.16. The Morgan fingerprint density at radius 1 is 0.971 bits per heavy atom. The highest BCUT2D eigenvalue weighted by atomic mass is 16.5. The summed E-state index contributed by atoms with van der Waals surface area (Å²) in [7, 11) is 1.22. The van der Waals surface area contributed by atoms with Gasteiger partial charge in [-0.05, 0) is 29.8 Å². The lowest BCUT2D eigenvalue weighted by atomic mass is 10.0. The molecule has 0 aliphatic carbocycles. The fourth-order valence-corrected chi connectivity index (χ4v) is 4.04. The maximum Gasteiger partial charge on any atom is 0.360 e. The molecule has 0 amide bonds. The van der Waals surface area contributed by atoms with Gasteiger partial charge in [-0.3, -0.25) is 14.8 Å². The van der Waals surface area contributed by atoms with Crippen molar-refractivity contribution in [1.29, 1.82) is 0 Å². The zero-order valence-electron chi connectivity index (χ0n) is 18.8. The van der Waals surface area contributed by atoms with E-state index in [-0.39, 0.29) is 28.9 Å². The summed E-state index contributed by atoms with van der Waals surface area (Å²) >= 11 is 0. The molecule has 0 aliphatic rings. The van der Waals surface area contributed by atoms with Crippen molar-refractivity contribution in [3.8, 4) is 28.1 Å². The molecule has 4 heterocycles. The standard InChI is InChI=1S/C27H20N4O4/c1-35-27(34)23-25(32)21-13-20(18-9-5-11-28-14-18)26(33)31(16-17-7-3-2-4-8-17)24(21)22(30-23)19-10-6-12-29-15-19/h2-15,32H,16H2,1H3. The SMILES string of the molecule is COC(=O)c1nc(-c2cccnc2)c2c(cc(-c3cccnc3)c(=O)n2Cc2ccccc2)c1O. The van der Waals surface area contributed by atoms with Gasteiger partial charge in [0.25, 0.3) is 5.56 Å². The highest BCUT2D eigenvalue weighted by Crippen LogP contribution is 2.36. The summed E-state index contributed by atoms with van der Waals surface area (Å²) in [6, 6.07) is 18.1. The number of hydrogen-bond acceptors (Lipinski definition) is 7. The number of carbonyl (C=O) groups is 1. The van der Waals surface area contributed by atoms with Crippen LogP contribution in [0.3, 0.4) is 0 Å². The third-order valence-electron chi connectivity index (χ3n) is 5.69. The lowest BCUT2D eigenvalue weighted by Gasteiger charge is -2.18. The van der Waals surface area contributed by atoms with Crippen LogP contribution in [0, 0.1) is 0 Å². The van der Waals surface area contributed by atoms with Gasteiger partial charge in [-0.2, -0.15) is 0 Å². The number of fused-ring (bicyclic) bond motifs is 1. The molecule has 172 valence electrons. The van der Waals surface area contributed by atoms with Gasteiger partial charge in [0.05, 0.1) is 24.9 Å². The Balaban J connectivity index is 1.94. The minimum atomic E-state index is -0.793. The van der Waals surface area contributed by atoms with E-state index in [1.807, 2.05) is 30.3 Å². The highest BCUT2D eigenvalue weighted by Gasteiger charge is 2.25. The Morgan fingerprint density at radius 2 is 1.66 bits per heavy atom. The molecule has 0 fully saturated rings. The smallest absolute Gasteiger partial charge is 0.360 e. The Morgan fingerprint density at radius 3 is 2.29 bits per heavy atom. The van der Waals surface area contributed by atoms with E-state index in [1.165, 1.54) is 7.11 Å². The van der Waals surface area contributed by atoms with Crippen molar-refractivity contribution < 1.29 is 14.6 Å². The van der Waals surface area contributed by atoms with Gasteiger partial charge >= 0.3 is 5.97 Å². The minimum absolute atomic E-state index is 0.218. The molecule has 5 aromatic rings. The first-order chi connectivity index (χ1) is 17.1. The zero-order valence-corrected chi connectivity index (χ0v) is 18.8. The molecule has 1 N–H and O–H groups in total. The van der Waals surface area contributed by atoms with Crippen LogP contribution in [0.25, 0.3) is 33.3 Å². The van der Waals surface area contributed by atoms with Gasteiger partial charge in [-0.1, -0.05) is 36.4 Å². The number of aromatic hydroxyl groups is 1. The fourth-order valence-electron chi connectivity index (χ4n) is 4.04. The molecular weight excluding hydrogens is 444 g/mol. The van der Waals surface area contributed by atoms with E-state index in [0.29, 0.717) is 27.9 Å². The maximum absolute atomic E-state index is 13.9. The topological polar surface area (TPSA) is 107 Å². The highest BCUT2D eigenvalue weighted by molar-refractivity contribution is 6.04. The first-order valence-electron chi connectivity index (χ1n) is 10.8. The van der Waals surface area contributed by atoms with Crippen molar-refractivity contribution in [2.45, 2.75) is 6.54 Å². The summed E-state index contributed by atoms with van der Waals surface area (Å²) in [5, 5.41) is 11.5. The van der Waals surface area contributed by atoms with Crippen molar-refractivity contribution in [2.24, 2.45) is 0 Å². The maximum atomic E-state index is 13.9. The number of rotatable bonds is 5. The van der Waals surface area contributed by atoms with Crippen LogP contribution in [-0.4, -0.2) is 37.7 Å². The molecule has 0 aliphatic heterocycles. The molecule has 1 aromatic carbocycles. The van der Waals surface area contributed by atoms with Gasteiger partial charge in [0, 0.05) is 46.9 Å². The van der Waals surface area contributed by atoms with Crippen LogP contribution in [0.2, 0.25) is 0 Å². The Kier molecular flexibility index (Phi) is 5.76. The largest absolute Gasteiger partial charge is 0.505 e. The molecule has 0 unspecified atom stereocenters. The van der Waals surface area contributed by atoms with Crippen LogP contribution in [0.5, 0.6) is 5.75 Å². The Bertz CT molecular complexity index is 1590. The molecule has 0 saturated heterocycles. The van der Waals surface area contributed by atoms with Crippen molar-refractivity contribution >= 4 is 16.9 Å². The van der Waals surface area contributed by atoms with Gasteiger partial charge in [0.15, 0.2) is 11.4 Å². The molecular formula is C27H20N4O4. The minimum Gasteiger partial charge on any atom is -0.505 e. The Hall–Kier alpha value is -4.85. The van der Waals surface area contributed by atoms with E-state index in [1.54, 1.807) is 59.7 Å². The average molecular weight is 464 g/mol. The zero-order chi connectivity index (χ0) is 24.4. The summed E-state index contributed by atoms with van der Waals surface area (Å²) in [4.78, 5) is 39.2. The van der Waals surface area contributed by atoms with E-state index in [0.717, 1.165) is 5.56 Å². The predicted octanol–water partition coefficient (Wildman–Crippen LogP) is 4.06. The van der Waals surface area contributed by atoms with Crippen LogP contribution in [0.4, 0.5) is 0 Å². The number of carbonyl (C=O) groups excluding carboxylic acids is 1. The van der Waals surface area contributed by atoms with Crippen LogP contribution in [0.15, 0.2) is 90.2 Å². The second-order valence-electron chi connectivity index (χ2n) is 7.83. The van der Waals surface area contributed by atoms with Gasteiger partial charge in [0.2, 0.25) is 0 Å². The molecule has 5 rings (SSSR count). The van der Waals surface area contributed by atoms with Crippen molar-refractivity contribution in [3.05, 3.63) is 107 Å². The van der Waals surface area contributed by atoms with E-state index in [9.17, 15) is 14.7 Å². The summed E-state index contributed by atoms with van der Waals surface area (Å²) in [5.41, 5.74) is 2.55. The van der Waals surface area contributed by atoms with E-state index in [4.69, 9.17) is 4.74 Å². The second-order valence-corrected chi connectivity index (χ2v) is 7.83. The van der Waals surface area contributed by atoms with Crippen molar-refractivity contribution in [3.63, 3.8) is 0 Å². The van der Waals surface area contributed by atoms with Gasteiger partial charge < -0.3 is 14.4 Å². The molecule has 4 aromatic heterocycles. The molecule has 8 nitrogen and oxygen atoms in total. The molecule has 0 saturated carbocycles. The molecule has 0 radical (unpaired) electrons. The lowest BCUT2D eigenvalue weighted by Crippen LogP contribution is -2.24. The monoisotopic (exact) mass is 464 g/mol. The third kappa shape index (κ3) is 4.02. The molecule has 35 heavy (non-hydrogen) atoms. The van der Waals surface area contributed by atoms with Crippen molar-refractivity contribution in [2.75, 3.05) is 7.11 Å². The van der Waals surface area contributed by atoms with Crippen LogP contribution < -0.4 is 5.56 Å². The normalized spacial score (nSPS) is 10.9. The average Bonchev–Trinajstić information content (AvgIpc) is 2.91. The first-order valence-corrected chi connectivity index (χ1v) is 10.8. The quantitative estimate of drug-likeness (QED) is 0.391. The van der Waals surface area contributed by atoms with Crippen LogP contribution in [-0.2, 0) is 11.3 Å². The lowest BCUT2D eigenvalue weighted by molar-refractivity contribution is 0.0591. The van der Waals surface area contributed by atoms with Crippen LogP contribution >= 0.6 is 0 Å². The molecule has 0 spiro atoms. The number of nitrogens with zero attached hydrogens (tertiary/aromatic N) is 4. The number of pyridine rings is 4. The number of methoxy groups -OCH3 is 1. The third-order valence-corrected chi connectivity index (χ3v) is 5.69. The number of ether oxygens (including phenoxy) is 1. The van der Waals surface area contributed by atoms with E-state index < -0.39 is 5.97 Å². The fraction of sp³-hybridized carbons (Fsp3) is 0.0741. The van der Waals surface area contributed by atoms with Gasteiger partial charge in [0.1, 0.15) is 0 Å². The van der Waals surface area contributed by atoms with Crippen molar-refractivity contribution in [1.82, 2.24) is 19.5 Å².